The number of fused-ring (bicyclic) bond motifs is 1. The maximum atomic E-state index is 12.2. The summed E-state index contributed by atoms with van der Waals surface area (Å²) in [5.74, 6) is 1.76. The summed E-state index contributed by atoms with van der Waals surface area (Å²) in [6.07, 6.45) is 1.43. The van der Waals surface area contributed by atoms with Crippen LogP contribution >= 0.6 is 0 Å². The number of carbonyl (C=O) groups is 1. The lowest BCUT2D eigenvalue weighted by molar-refractivity contribution is 0.0858. The third kappa shape index (κ3) is 4.90. The average Bonchev–Trinajstić information content (AvgIpc) is 3.36. The minimum Gasteiger partial charge on any atom is -0.454 e. The molecule has 0 amide bonds. The number of hydrogen-bond acceptors (Lipinski definition) is 5. The third-order valence-corrected chi connectivity index (χ3v) is 4.78. The lowest BCUT2D eigenvalue weighted by atomic mass is 9.86. The van der Waals surface area contributed by atoms with Crippen LogP contribution in [0.15, 0.2) is 59.3 Å². The lowest BCUT2D eigenvalue weighted by Crippen LogP contribution is -2.20. The van der Waals surface area contributed by atoms with Gasteiger partial charge in [-0.2, -0.15) is 0 Å². The highest BCUT2D eigenvalue weighted by Crippen LogP contribution is 2.36. The van der Waals surface area contributed by atoms with Gasteiger partial charge < -0.3 is 14.0 Å². The summed E-state index contributed by atoms with van der Waals surface area (Å²) in [5.41, 5.74) is 3.07. The molecule has 0 bridgehead atoms. The van der Waals surface area contributed by atoms with E-state index < -0.39 is 5.41 Å². The number of ether oxygens (including phenoxy) is 2. The van der Waals surface area contributed by atoms with Crippen molar-refractivity contribution in [2.75, 3.05) is 6.79 Å². The molecule has 30 heavy (non-hydrogen) atoms. The van der Waals surface area contributed by atoms with Crippen molar-refractivity contribution in [2.24, 2.45) is 5.41 Å². The molecule has 1 aliphatic heterocycles. The monoisotopic (exact) mass is 407 g/mol. The van der Waals surface area contributed by atoms with E-state index >= 15 is 0 Å². The van der Waals surface area contributed by atoms with Gasteiger partial charge in [0.2, 0.25) is 6.79 Å². The SMILES string of the molecule is CC(C)(C)C(=O)c1conc1-c1ccccc1.CC(C)(C)c1ccc2c(c1)OCO2. The highest BCUT2D eigenvalue weighted by Gasteiger charge is 2.27. The minimum atomic E-state index is -0.435. The van der Waals surface area contributed by atoms with Crippen LogP contribution < -0.4 is 9.47 Å². The normalized spacial score (nSPS) is 12.9. The zero-order valence-electron chi connectivity index (χ0n) is 18.5. The molecule has 2 heterocycles. The molecule has 0 spiro atoms. The van der Waals surface area contributed by atoms with Crippen molar-refractivity contribution in [2.45, 2.75) is 47.0 Å². The zero-order chi connectivity index (χ0) is 21.9. The van der Waals surface area contributed by atoms with E-state index in [2.05, 4.69) is 38.1 Å². The smallest absolute Gasteiger partial charge is 0.231 e. The van der Waals surface area contributed by atoms with Crippen LogP contribution in [-0.4, -0.2) is 17.7 Å². The highest BCUT2D eigenvalue weighted by molar-refractivity contribution is 6.04. The number of aromatic nitrogens is 1. The van der Waals surface area contributed by atoms with Gasteiger partial charge in [0, 0.05) is 11.0 Å². The first kappa shape index (κ1) is 21.6. The van der Waals surface area contributed by atoms with Crippen LogP contribution in [0.25, 0.3) is 11.3 Å². The first-order valence-corrected chi connectivity index (χ1v) is 10.0. The Morgan fingerprint density at radius 3 is 2.20 bits per heavy atom. The fraction of sp³-hybridized carbons (Fsp3) is 0.360. The van der Waals surface area contributed by atoms with E-state index in [4.69, 9.17) is 14.0 Å². The van der Waals surface area contributed by atoms with Crippen LogP contribution in [-0.2, 0) is 5.41 Å². The Bertz CT molecular complexity index is 1010. The summed E-state index contributed by atoms with van der Waals surface area (Å²) in [4.78, 5) is 12.2. The summed E-state index contributed by atoms with van der Waals surface area (Å²) in [7, 11) is 0. The van der Waals surface area contributed by atoms with E-state index in [-0.39, 0.29) is 11.2 Å². The largest absolute Gasteiger partial charge is 0.454 e. The van der Waals surface area contributed by atoms with Crippen molar-refractivity contribution >= 4 is 5.78 Å². The van der Waals surface area contributed by atoms with E-state index in [1.807, 2.05) is 57.2 Å². The second-order valence-corrected chi connectivity index (χ2v) is 9.34. The molecule has 0 saturated carbocycles. The first-order valence-electron chi connectivity index (χ1n) is 10.0. The van der Waals surface area contributed by atoms with Gasteiger partial charge in [-0.25, -0.2) is 0 Å². The molecule has 3 aromatic rings. The van der Waals surface area contributed by atoms with Gasteiger partial charge in [-0.05, 0) is 23.1 Å². The molecule has 0 fully saturated rings. The molecule has 158 valence electrons. The van der Waals surface area contributed by atoms with E-state index in [1.165, 1.54) is 11.8 Å². The molecular weight excluding hydrogens is 378 g/mol. The Kier molecular flexibility index (Phi) is 6.01. The predicted molar refractivity (Wildman–Crippen MR) is 117 cm³/mol. The molecule has 0 saturated heterocycles. The van der Waals surface area contributed by atoms with Crippen LogP contribution in [0.5, 0.6) is 11.5 Å². The van der Waals surface area contributed by atoms with Gasteiger partial charge in [-0.15, -0.1) is 0 Å². The summed E-state index contributed by atoms with van der Waals surface area (Å²) in [5, 5.41) is 3.93. The molecule has 5 nitrogen and oxygen atoms in total. The summed E-state index contributed by atoms with van der Waals surface area (Å²) in [6.45, 7) is 12.6. The molecule has 0 aliphatic carbocycles. The van der Waals surface area contributed by atoms with E-state index in [9.17, 15) is 4.79 Å². The van der Waals surface area contributed by atoms with Crippen molar-refractivity contribution in [3.63, 3.8) is 0 Å². The molecule has 0 atom stereocenters. The quantitative estimate of drug-likeness (QED) is 0.468. The standard InChI is InChI=1S/C14H15NO2.C11H14O2/c1-14(2,3)13(16)11-9-17-15-12(11)10-7-5-4-6-8-10;1-11(2,3)8-4-5-9-10(6-8)13-7-12-9/h4-9H,1-3H3;4-6H,7H2,1-3H3. The van der Waals surface area contributed by atoms with Gasteiger partial charge in [-0.3, -0.25) is 4.79 Å². The van der Waals surface area contributed by atoms with Crippen molar-refractivity contribution < 1.29 is 18.8 Å². The molecule has 0 radical (unpaired) electrons. The van der Waals surface area contributed by atoms with E-state index in [1.54, 1.807) is 0 Å². The highest BCUT2D eigenvalue weighted by atomic mass is 16.7. The number of carbonyl (C=O) groups excluding carboxylic acids is 1. The third-order valence-electron chi connectivity index (χ3n) is 4.78. The van der Waals surface area contributed by atoms with Gasteiger partial charge in [0.05, 0.1) is 5.56 Å². The van der Waals surface area contributed by atoms with Crippen molar-refractivity contribution in [1.82, 2.24) is 5.16 Å². The van der Waals surface area contributed by atoms with Crippen molar-refractivity contribution in [3.8, 4) is 22.8 Å². The van der Waals surface area contributed by atoms with Gasteiger partial charge in [0.1, 0.15) is 12.0 Å². The average molecular weight is 408 g/mol. The second-order valence-electron chi connectivity index (χ2n) is 9.34. The maximum Gasteiger partial charge on any atom is 0.231 e. The molecule has 0 N–H and O–H groups in total. The number of benzene rings is 2. The summed E-state index contributed by atoms with van der Waals surface area (Å²) >= 11 is 0. The summed E-state index contributed by atoms with van der Waals surface area (Å²) in [6, 6.07) is 15.7. The summed E-state index contributed by atoms with van der Waals surface area (Å²) < 4.78 is 15.5. The van der Waals surface area contributed by atoms with Crippen LogP contribution in [0.4, 0.5) is 0 Å². The van der Waals surface area contributed by atoms with Crippen molar-refractivity contribution in [3.05, 3.63) is 65.9 Å². The van der Waals surface area contributed by atoms with Crippen molar-refractivity contribution in [1.29, 1.82) is 0 Å². The van der Waals surface area contributed by atoms with Gasteiger partial charge in [0.15, 0.2) is 17.3 Å². The van der Waals surface area contributed by atoms with E-state index in [0.717, 1.165) is 17.1 Å². The number of rotatable bonds is 2. The van der Waals surface area contributed by atoms with Crippen LogP contribution in [0, 0.1) is 5.41 Å². The number of Topliss-reactive ketones (excluding diaryl/α,β-unsaturated/α-hetero) is 1. The Balaban J connectivity index is 0.000000177. The number of nitrogens with zero attached hydrogens (tertiary/aromatic N) is 1. The first-order chi connectivity index (χ1) is 14.1. The zero-order valence-corrected chi connectivity index (χ0v) is 18.5. The van der Waals surface area contributed by atoms with E-state index in [0.29, 0.717) is 18.1 Å². The number of ketones is 1. The molecule has 0 unspecified atom stereocenters. The second kappa shape index (κ2) is 8.34. The molecule has 1 aromatic heterocycles. The fourth-order valence-electron chi connectivity index (χ4n) is 2.97. The number of hydrogen-bond donors (Lipinski definition) is 0. The molecule has 4 rings (SSSR count). The van der Waals surface area contributed by atoms with Crippen LogP contribution in [0.3, 0.4) is 0 Å². The van der Waals surface area contributed by atoms with Crippen LogP contribution in [0.2, 0.25) is 0 Å². The predicted octanol–water partition coefficient (Wildman–Crippen LogP) is 6.28. The fourth-order valence-corrected chi connectivity index (χ4v) is 2.97. The van der Waals surface area contributed by atoms with Gasteiger partial charge >= 0.3 is 0 Å². The van der Waals surface area contributed by atoms with Gasteiger partial charge in [-0.1, -0.05) is 83.1 Å². The minimum absolute atomic E-state index is 0.0394. The molecule has 1 aliphatic rings. The maximum absolute atomic E-state index is 12.2. The molecule has 2 aromatic carbocycles. The van der Waals surface area contributed by atoms with Crippen LogP contribution in [0.1, 0.15) is 57.5 Å². The Morgan fingerprint density at radius 1 is 0.900 bits per heavy atom. The molecule has 5 heteroatoms. The van der Waals surface area contributed by atoms with Gasteiger partial charge in [0.25, 0.3) is 0 Å². The Morgan fingerprint density at radius 2 is 1.57 bits per heavy atom. The Labute approximate surface area is 178 Å². The molecular formula is C25H29NO4. The lowest BCUT2D eigenvalue weighted by Gasteiger charge is -2.18. The Hall–Kier alpha value is -3.08. The topological polar surface area (TPSA) is 61.6 Å².